The van der Waals surface area contributed by atoms with Gasteiger partial charge in [-0.3, -0.25) is 29.6 Å². The Hall–Kier alpha value is -5.11. The van der Waals surface area contributed by atoms with Crippen molar-refractivity contribution in [1.82, 2.24) is 4.57 Å². The van der Waals surface area contributed by atoms with Crippen LogP contribution >= 0.6 is 11.3 Å². The summed E-state index contributed by atoms with van der Waals surface area (Å²) in [5, 5.41) is 22.8. The van der Waals surface area contributed by atoms with E-state index in [1.54, 1.807) is 19.9 Å². The molecule has 2 heterocycles. The second-order valence-electron chi connectivity index (χ2n) is 8.34. The Bertz CT molecular complexity index is 1770. The molecule has 1 aliphatic rings. The minimum Gasteiger partial charge on any atom is -0.463 e. The molecule has 0 saturated heterocycles. The van der Waals surface area contributed by atoms with Crippen LogP contribution in [0, 0.1) is 20.2 Å². The van der Waals surface area contributed by atoms with Crippen LogP contribution in [0.4, 0.5) is 11.4 Å². The lowest BCUT2D eigenvalue weighted by Gasteiger charge is -2.27. The van der Waals surface area contributed by atoms with Crippen molar-refractivity contribution in [1.29, 1.82) is 0 Å². The van der Waals surface area contributed by atoms with Crippen LogP contribution in [-0.2, 0) is 19.1 Å². The quantitative estimate of drug-likeness (QED) is 0.239. The van der Waals surface area contributed by atoms with E-state index >= 15 is 0 Å². The fourth-order valence-corrected chi connectivity index (χ4v) is 5.44. The van der Waals surface area contributed by atoms with Gasteiger partial charge < -0.3 is 15.2 Å². The molecule has 0 bridgehead atoms. The number of nitro benzene ring substituents is 2. The van der Waals surface area contributed by atoms with Gasteiger partial charge in [0.2, 0.25) is 0 Å². The number of ether oxygens (including phenoxy) is 2. The fraction of sp³-hybridized carbons (Fsp3) is 0.192. The lowest BCUT2D eigenvalue weighted by molar-refractivity contribution is -0.385. The monoisotopic (exact) mass is 566 g/mol. The molecule has 1 aromatic heterocycles. The van der Waals surface area contributed by atoms with Gasteiger partial charge in [0.1, 0.15) is 10.2 Å². The number of nitro groups is 2. The number of non-ortho nitro benzene ring substituents is 2. The zero-order valence-corrected chi connectivity index (χ0v) is 22.0. The van der Waals surface area contributed by atoms with Gasteiger partial charge in [0, 0.05) is 24.3 Å². The molecule has 206 valence electrons. The molecule has 0 spiro atoms. The molecular weight excluding hydrogens is 544 g/mol. The van der Waals surface area contributed by atoms with Gasteiger partial charge in [-0.15, -0.1) is 11.3 Å². The Morgan fingerprint density at radius 3 is 2.23 bits per heavy atom. The number of nitrogens with zero attached hydrogens (tertiary/aromatic N) is 3. The second kappa shape index (κ2) is 11.3. The van der Waals surface area contributed by atoms with Crippen molar-refractivity contribution in [3.8, 4) is 0 Å². The summed E-state index contributed by atoms with van der Waals surface area (Å²) in [7, 11) is 0. The predicted octanol–water partition coefficient (Wildman–Crippen LogP) is 1.65. The first-order chi connectivity index (χ1) is 19.1. The van der Waals surface area contributed by atoms with E-state index in [2.05, 4.69) is 0 Å². The lowest BCUT2D eigenvalue weighted by atomic mass is 9.91. The number of hydrogen-bond donors (Lipinski definition) is 1. The smallest absolute Gasteiger partial charge is 0.343 e. The summed E-state index contributed by atoms with van der Waals surface area (Å²) in [5.74, 6) is -1.82. The number of carbonyl (C=O) groups is 2. The Morgan fingerprint density at radius 2 is 1.60 bits per heavy atom. The molecule has 40 heavy (non-hydrogen) atoms. The lowest BCUT2D eigenvalue weighted by Crippen LogP contribution is -2.43. The molecule has 0 aliphatic carbocycles. The largest absolute Gasteiger partial charge is 0.463 e. The van der Waals surface area contributed by atoms with Crippen LogP contribution in [0.5, 0.6) is 0 Å². The molecule has 2 N–H and O–H groups in total. The van der Waals surface area contributed by atoms with Gasteiger partial charge in [0.15, 0.2) is 0 Å². The van der Waals surface area contributed by atoms with Crippen LogP contribution in [0.15, 0.2) is 64.6 Å². The number of thiazole rings is 1. The number of rotatable bonds is 8. The third-order valence-corrected chi connectivity index (χ3v) is 7.02. The van der Waals surface area contributed by atoms with E-state index in [0.29, 0.717) is 5.56 Å². The Balaban J connectivity index is 2.12. The first kappa shape index (κ1) is 27.9. The molecule has 0 fully saturated rings. The van der Waals surface area contributed by atoms with Crippen LogP contribution in [0.1, 0.15) is 31.0 Å². The number of carbonyl (C=O) groups excluding carboxylic acids is 2. The second-order valence-corrected chi connectivity index (χ2v) is 9.37. The summed E-state index contributed by atoms with van der Waals surface area (Å²) in [6.07, 6.45) is 1.40. The van der Waals surface area contributed by atoms with Crippen LogP contribution in [0.3, 0.4) is 0 Å². The topological polar surface area (TPSA) is 187 Å². The zero-order chi connectivity index (χ0) is 29.1. The zero-order valence-electron chi connectivity index (χ0n) is 21.2. The summed E-state index contributed by atoms with van der Waals surface area (Å²) in [5.41, 5.74) is 4.95. The van der Waals surface area contributed by atoms with E-state index in [1.807, 2.05) is 0 Å². The fourth-order valence-electron chi connectivity index (χ4n) is 4.27. The molecule has 13 nitrogen and oxygen atoms in total. The molecular formula is C26H22N4O9S. The number of hydrogen-bond acceptors (Lipinski definition) is 11. The van der Waals surface area contributed by atoms with Crippen molar-refractivity contribution in [3.63, 3.8) is 0 Å². The number of benzene rings is 2. The van der Waals surface area contributed by atoms with Crippen molar-refractivity contribution in [2.24, 2.45) is 5.73 Å². The molecule has 4 rings (SSSR count). The number of nitrogens with two attached hydrogens (primary N) is 1. The van der Waals surface area contributed by atoms with Crippen LogP contribution in [-0.4, -0.2) is 39.6 Å². The van der Waals surface area contributed by atoms with E-state index in [1.165, 1.54) is 48.5 Å². The minimum absolute atomic E-state index is 0.0269. The van der Waals surface area contributed by atoms with Crippen LogP contribution < -0.4 is 20.5 Å². The SMILES string of the molecule is CCOC(=O)C1=C(N)C(C(=O)OCC)=c2s/c(=C/c3cccc([N+](=O)[O-])c3)c(=O)n2C1c1cccc([N+](=O)[O-])c1. The molecule has 0 radical (unpaired) electrons. The van der Waals surface area contributed by atoms with Gasteiger partial charge in [-0.05, 0) is 31.1 Å². The van der Waals surface area contributed by atoms with Crippen molar-refractivity contribution in [2.45, 2.75) is 19.9 Å². The Labute approximate surface area is 229 Å². The third-order valence-electron chi connectivity index (χ3n) is 5.91. The van der Waals surface area contributed by atoms with Crippen molar-refractivity contribution in [2.75, 3.05) is 13.2 Å². The summed E-state index contributed by atoms with van der Waals surface area (Å²) in [4.78, 5) is 61.7. The van der Waals surface area contributed by atoms with Gasteiger partial charge in [0.25, 0.3) is 16.9 Å². The van der Waals surface area contributed by atoms with Gasteiger partial charge in [-0.2, -0.15) is 0 Å². The van der Waals surface area contributed by atoms with E-state index in [0.717, 1.165) is 15.9 Å². The maximum Gasteiger partial charge on any atom is 0.343 e. The first-order valence-electron chi connectivity index (χ1n) is 11.9. The van der Waals surface area contributed by atoms with E-state index in [4.69, 9.17) is 15.2 Å². The average Bonchev–Trinajstić information content (AvgIpc) is 3.23. The standard InChI is InChI=1S/C26H22N4O9S/c1-3-38-25(32)19-21(27)20(26(33)39-4-2)24-28(22(19)15-8-6-10-17(13-15)30(36)37)23(31)18(40-24)12-14-7-5-9-16(11-14)29(34)35/h5-13,22H,3-4,27H2,1-2H3/b18-12+. The number of esters is 2. The molecule has 2 aromatic carbocycles. The summed E-state index contributed by atoms with van der Waals surface area (Å²) >= 11 is 0.860. The van der Waals surface area contributed by atoms with Gasteiger partial charge >= 0.3 is 11.9 Å². The van der Waals surface area contributed by atoms with Gasteiger partial charge in [-0.1, -0.05) is 24.3 Å². The number of fused-ring (bicyclic) bond motifs is 1. The Morgan fingerprint density at radius 1 is 1.00 bits per heavy atom. The maximum absolute atomic E-state index is 13.9. The predicted molar refractivity (Wildman–Crippen MR) is 144 cm³/mol. The van der Waals surface area contributed by atoms with Crippen LogP contribution in [0.25, 0.3) is 11.6 Å². The van der Waals surface area contributed by atoms with Crippen LogP contribution in [0.2, 0.25) is 0 Å². The van der Waals surface area contributed by atoms with E-state index in [-0.39, 0.29) is 56.2 Å². The van der Waals surface area contributed by atoms with Crippen molar-refractivity contribution in [3.05, 3.63) is 111 Å². The summed E-state index contributed by atoms with van der Waals surface area (Å²) < 4.78 is 11.6. The van der Waals surface area contributed by atoms with Crippen molar-refractivity contribution < 1.29 is 28.9 Å². The highest BCUT2D eigenvalue weighted by Gasteiger charge is 2.38. The summed E-state index contributed by atoms with van der Waals surface area (Å²) in [6, 6.07) is 9.61. The molecule has 3 aromatic rings. The highest BCUT2D eigenvalue weighted by atomic mass is 32.1. The molecule has 0 saturated carbocycles. The highest BCUT2D eigenvalue weighted by Crippen LogP contribution is 2.34. The minimum atomic E-state index is -1.29. The molecule has 1 aliphatic heterocycles. The van der Waals surface area contributed by atoms with Gasteiger partial charge in [0.05, 0.1) is 44.9 Å². The Kier molecular flexibility index (Phi) is 7.90. The molecule has 14 heteroatoms. The third kappa shape index (κ3) is 5.11. The normalized spacial score (nSPS) is 15.0. The van der Waals surface area contributed by atoms with Crippen molar-refractivity contribution >= 4 is 46.3 Å². The van der Waals surface area contributed by atoms with E-state index in [9.17, 15) is 34.6 Å². The molecule has 1 unspecified atom stereocenters. The number of aromatic nitrogens is 1. The maximum atomic E-state index is 13.9. The highest BCUT2D eigenvalue weighted by molar-refractivity contribution is 7.07. The van der Waals surface area contributed by atoms with Gasteiger partial charge in [-0.25, -0.2) is 9.59 Å². The molecule has 1 atom stereocenters. The van der Waals surface area contributed by atoms with E-state index < -0.39 is 33.4 Å². The first-order valence-corrected chi connectivity index (χ1v) is 12.7. The average molecular weight is 567 g/mol. The molecule has 0 amide bonds. The summed E-state index contributed by atoms with van der Waals surface area (Å²) in [6.45, 7) is 3.05.